The molecule has 0 aliphatic rings. The molecule has 0 fully saturated rings. The smallest absolute Gasteiger partial charge is 0.265 e. The highest BCUT2D eigenvalue weighted by atomic mass is 16.5. The van der Waals surface area contributed by atoms with Crippen LogP contribution in [0.15, 0.2) is 48.5 Å². The second kappa shape index (κ2) is 6.10. The first-order valence-corrected chi connectivity index (χ1v) is 6.38. The molecule has 0 bridgehead atoms. The van der Waals surface area contributed by atoms with E-state index >= 15 is 0 Å². The molecule has 1 unspecified atom stereocenters. The molecule has 2 aromatic carbocycles. The van der Waals surface area contributed by atoms with Crippen LogP contribution in [0.1, 0.15) is 12.5 Å². The number of hydrogen-bond donors (Lipinski definition) is 2. The number of anilines is 1. The lowest BCUT2D eigenvalue weighted by molar-refractivity contribution is -0.122. The van der Waals surface area contributed by atoms with Gasteiger partial charge in [0, 0.05) is 11.8 Å². The number of para-hydroxylation sites is 1. The Balaban J connectivity index is 1.99. The van der Waals surface area contributed by atoms with Gasteiger partial charge in [0.15, 0.2) is 6.10 Å². The number of phenolic OH excluding ortho intramolecular Hbond substituents is 1. The normalized spacial score (nSPS) is 11.7. The molecule has 2 rings (SSSR count). The zero-order chi connectivity index (χ0) is 14.5. The van der Waals surface area contributed by atoms with Gasteiger partial charge in [-0.3, -0.25) is 4.79 Å². The van der Waals surface area contributed by atoms with Crippen molar-refractivity contribution in [3.63, 3.8) is 0 Å². The van der Waals surface area contributed by atoms with Gasteiger partial charge < -0.3 is 15.2 Å². The Morgan fingerprint density at radius 3 is 2.55 bits per heavy atom. The molecule has 1 atom stereocenters. The Morgan fingerprint density at radius 2 is 1.90 bits per heavy atom. The van der Waals surface area contributed by atoms with Gasteiger partial charge in [0.1, 0.15) is 11.5 Å². The Morgan fingerprint density at radius 1 is 1.20 bits per heavy atom. The molecule has 0 aromatic heterocycles. The van der Waals surface area contributed by atoms with E-state index in [4.69, 9.17) is 4.74 Å². The molecule has 4 nitrogen and oxygen atoms in total. The summed E-state index contributed by atoms with van der Waals surface area (Å²) < 4.78 is 5.53. The van der Waals surface area contributed by atoms with Crippen LogP contribution in [0.2, 0.25) is 0 Å². The second-order valence-corrected chi connectivity index (χ2v) is 4.56. The highest BCUT2D eigenvalue weighted by molar-refractivity contribution is 5.94. The highest BCUT2D eigenvalue weighted by Crippen LogP contribution is 2.21. The van der Waals surface area contributed by atoms with Crippen LogP contribution in [0, 0.1) is 6.92 Å². The van der Waals surface area contributed by atoms with Crippen LogP contribution >= 0.6 is 0 Å². The first-order valence-electron chi connectivity index (χ1n) is 6.38. The van der Waals surface area contributed by atoms with Crippen LogP contribution < -0.4 is 10.1 Å². The van der Waals surface area contributed by atoms with E-state index < -0.39 is 6.10 Å². The fourth-order valence-corrected chi connectivity index (χ4v) is 1.69. The van der Waals surface area contributed by atoms with Crippen LogP contribution in [-0.2, 0) is 4.79 Å². The van der Waals surface area contributed by atoms with Crippen LogP contribution in [-0.4, -0.2) is 17.1 Å². The summed E-state index contributed by atoms with van der Waals surface area (Å²) in [5, 5.41) is 12.3. The van der Waals surface area contributed by atoms with Crippen molar-refractivity contribution in [2.45, 2.75) is 20.0 Å². The van der Waals surface area contributed by atoms with Crippen molar-refractivity contribution in [2.24, 2.45) is 0 Å². The number of ether oxygens (including phenoxy) is 1. The second-order valence-electron chi connectivity index (χ2n) is 4.56. The number of aromatic hydroxyl groups is 1. The van der Waals surface area contributed by atoms with Gasteiger partial charge in [-0.2, -0.15) is 0 Å². The molecule has 0 saturated carbocycles. The van der Waals surface area contributed by atoms with E-state index in [1.54, 1.807) is 38.1 Å². The molecule has 2 aromatic rings. The van der Waals surface area contributed by atoms with Gasteiger partial charge in [-0.25, -0.2) is 0 Å². The predicted octanol–water partition coefficient (Wildman–Crippen LogP) is 3.11. The molecular weight excluding hydrogens is 254 g/mol. The molecule has 1 amide bonds. The molecule has 0 aliphatic heterocycles. The number of phenols is 1. The van der Waals surface area contributed by atoms with Gasteiger partial charge in [-0.15, -0.1) is 0 Å². The first-order chi connectivity index (χ1) is 9.56. The van der Waals surface area contributed by atoms with Gasteiger partial charge in [-0.05, 0) is 37.6 Å². The van der Waals surface area contributed by atoms with Gasteiger partial charge in [0.25, 0.3) is 5.91 Å². The van der Waals surface area contributed by atoms with E-state index in [1.807, 2.05) is 18.2 Å². The summed E-state index contributed by atoms with van der Waals surface area (Å²) in [6, 6.07) is 14.2. The molecule has 0 saturated heterocycles. The maximum atomic E-state index is 12.0. The zero-order valence-electron chi connectivity index (χ0n) is 11.5. The SMILES string of the molecule is Cc1ccc(NC(=O)C(C)Oc2ccccc2)cc1O. The number of aryl methyl sites for hydroxylation is 1. The first kappa shape index (κ1) is 13.9. The number of benzene rings is 2. The van der Waals surface area contributed by atoms with Crippen molar-refractivity contribution in [3.8, 4) is 11.5 Å². The third kappa shape index (κ3) is 3.51. The topological polar surface area (TPSA) is 58.6 Å². The van der Waals surface area contributed by atoms with Crippen molar-refractivity contribution in [2.75, 3.05) is 5.32 Å². The summed E-state index contributed by atoms with van der Waals surface area (Å²) in [5.74, 6) is 0.526. The molecule has 0 heterocycles. The zero-order valence-corrected chi connectivity index (χ0v) is 11.5. The minimum atomic E-state index is -0.624. The van der Waals surface area contributed by atoms with Crippen molar-refractivity contribution >= 4 is 11.6 Å². The number of hydrogen-bond acceptors (Lipinski definition) is 3. The Bertz CT molecular complexity index is 596. The van der Waals surface area contributed by atoms with Crippen molar-refractivity contribution in [1.82, 2.24) is 0 Å². The maximum absolute atomic E-state index is 12.0. The van der Waals surface area contributed by atoms with Gasteiger partial charge in [0.2, 0.25) is 0 Å². The fourth-order valence-electron chi connectivity index (χ4n) is 1.69. The molecule has 0 spiro atoms. The standard InChI is InChI=1S/C16H17NO3/c1-11-8-9-13(10-15(11)18)17-16(19)12(2)20-14-6-4-3-5-7-14/h3-10,12,18H,1-2H3,(H,17,19). The quantitative estimate of drug-likeness (QED) is 0.898. The highest BCUT2D eigenvalue weighted by Gasteiger charge is 2.15. The lowest BCUT2D eigenvalue weighted by atomic mass is 10.2. The van der Waals surface area contributed by atoms with Crippen molar-refractivity contribution < 1.29 is 14.6 Å². The average Bonchev–Trinajstić information content (AvgIpc) is 2.44. The molecule has 104 valence electrons. The van der Waals surface area contributed by atoms with E-state index in [2.05, 4.69) is 5.32 Å². The summed E-state index contributed by atoms with van der Waals surface area (Å²) in [7, 11) is 0. The molecule has 2 N–H and O–H groups in total. The molecular formula is C16H17NO3. The third-order valence-corrected chi connectivity index (χ3v) is 2.90. The minimum Gasteiger partial charge on any atom is -0.508 e. The Hall–Kier alpha value is -2.49. The van der Waals surface area contributed by atoms with Crippen molar-refractivity contribution in [3.05, 3.63) is 54.1 Å². The van der Waals surface area contributed by atoms with Gasteiger partial charge in [0.05, 0.1) is 0 Å². The van der Waals surface area contributed by atoms with Crippen LogP contribution in [0.4, 0.5) is 5.69 Å². The number of carbonyl (C=O) groups excluding carboxylic acids is 1. The summed E-state index contributed by atoms with van der Waals surface area (Å²) in [6.45, 7) is 3.47. The fraction of sp³-hybridized carbons (Fsp3) is 0.188. The summed E-state index contributed by atoms with van der Waals surface area (Å²) in [4.78, 5) is 12.0. The lowest BCUT2D eigenvalue weighted by Gasteiger charge is -2.15. The van der Waals surface area contributed by atoms with E-state index in [1.165, 1.54) is 6.07 Å². The number of nitrogens with one attached hydrogen (secondary N) is 1. The van der Waals surface area contributed by atoms with Gasteiger partial charge in [-0.1, -0.05) is 24.3 Å². The summed E-state index contributed by atoms with van der Waals surface area (Å²) in [6.07, 6.45) is -0.624. The van der Waals surface area contributed by atoms with Crippen LogP contribution in [0.25, 0.3) is 0 Å². The lowest BCUT2D eigenvalue weighted by Crippen LogP contribution is -2.30. The monoisotopic (exact) mass is 271 g/mol. The molecule has 4 heteroatoms. The maximum Gasteiger partial charge on any atom is 0.265 e. The van der Waals surface area contributed by atoms with Crippen molar-refractivity contribution in [1.29, 1.82) is 0 Å². The minimum absolute atomic E-state index is 0.152. The van der Waals surface area contributed by atoms with E-state index in [9.17, 15) is 9.90 Å². The largest absolute Gasteiger partial charge is 0.508 e. The molecule has 0 radical (unpaired) electrons. The Kier molecular flexibility index (Phi) is 4.25. The number of amides is 1. The third-order valence-electron chi connectivity index (χ3n) is 2.90. The average molecular weight is 271 g/mol. The van der Waals surface area contributed by atoms with Crippen LogP contribution in [0.3, 0.4) is 0 Å². The number of rotatable bonds is 4. The predicted molar refractivity (Wildman–Crippen MR) is 78.0 cm³/mol. The van der Waals surface area contributed by atoms with E-state index in [0.29, 0.717) is 11.4 Å². The van der Waals surface area contributed by atoms with Gasteiger partial charge >= 0.3 is 0 Å². The van der Waals surface area contributed by atoms with Crippen LogP contribution in [0.5, 0.6) is 11.5 Å². The molecule has 20 heavy (non-hydrogen) atoms. The van der Waals surface area contributed by atoms with E-state index in [-0.39, 0.29) is 11.7 Å². The summed E-state index contributed by atoms with van der Waals surface area (Å²) in [5.41, 5.74) is 1.30. The van der Waals surface area contributed by atoms with E-state index in [0.717, 1.165) is 5.56 Å². The Labute approximate surface area is 118 Å². The number of carbonyl (C=O) groups is 1. The molecule has 0 aliphatic carbocycles. The summed E-state index contributed by atoms with van der Waals surface area (Å²) >= 11 is 0.